The summed E-state index contributed by atoms with van der Waals surface area (Å²) in [6, 6.07) is 7.21. The monoisotopic (exact) mass is 467 g/mol. The Hall–Kier alpha value is -3.42. The number of amides is 1. The highest BCUT2D eigenvalue weighted by Crippen LogP contribution is 2.40. The zero-order valence-corrected chi connectivity index (χ0v) is 19.5. The lowest BCUT2D eigenvalue weighted by atomic mass is 10.1. The van der Waals surface area contributed by atoms with E-state index in [-0.39, 0.29) is 34.2 Å². The van der Waals surface area contributed by atoms with Gasteiger partial charge in [-0.1, -0.05) is 12.1 Å². The van der Waals surface area contributed by atoms with Gasteiger partial charge in [0.15, 0.2) is 11.6 Å². The maximum absolute atomic E-state index is 14.4. The fourth-order valence-corrected chi connectivity index (χ4v) is 4.79. The van der Waals surface area contributed by atoms with Crippen LogP contribution in [0.1, 0.15) is 40.4 Å². The Kier molecular flexibility index (Phi) is 5.54. The Morgan fingerprint density at radius 3 is 2.41 bits per heavy atom. The molecule has 2 aliphatic rings. The van der Waals surface area contributed by atoms with Crippen LogP contribution in [0.2, 0.25) is 0 Å². The van der Waals surface area contributed by atoms with Gasteiger partial charge in [0, 0.05) is 44.1 Å². The summed E-state index contributed by atoms with van der Waals surface area (Å²) in [5, 5.41) is -0.0393. The van der Waals surface area contributed by atoms with Gasteiger partial charge in [0.05, 0.1) is 18.0 Å². The Labute approximate surface area is 196 Å². The van der Waals surface area contributed by atoms with Crippen LogP contribution in [0.4, 0.5) is 14.5 Å². The lowest BCUT2D eigenvalue weighted by Crippen LogP contribution is -2.49. The van der Waals surface area contributed by atoms with E-state index in [0.717, 1.165) is 24.6 Å². The van der Waals surface area contributed by atoms with Crippen molar-refractivity contribution in [2.24, 2.45) is 0 Å². The lowest BCUT2D eigenvalue weighted by Gasteiger charge is -2.37. The standard InChI is InChI=1S/C26H27F2N3O3/c1-15-4-5-16(2)21(12-15)29-8-10-30(11-9-29)26(33)19-14-31(17-6-7-17)23-18(24(19)32)13-20(27)22(28)25(23)34-3/h4-5,12-14,17H,6-11H2,1-3H3. The van der Waals surface area contributed by atoms with Crippen LogP contribution in [-0.2, 0) is 0 Å². The summed E-state index contributed by atoms with van der Waals surface area (Å²) in [7, 11) is 1.24. The number of halogens is 2. The summed E-state index contributed by atoms with van der Waals surface area (Å²) in [6.45, 7) is 6.35. The average molecular weight is 468 g/mol. The van der Waals surface area contributed by atoms with Gasteiger partial charge in [-0.3, -0.25) is 9.59 Å². The topological polar surface area (TPSA) is 54.8 Å². The number of benzene rings is 2. The molecule has 0 bridgehead atoms. The quantitative estimate of drug-likeness (QED) is 0.577. The zero-order valence-electron chi connectivity index (χ0n) is 19.5. The Morgan fingerprint density at radius 1 is 1.06 bits per heavy atom. The number of aromatic nitrogens is 1. The Morgan fingerprint density at radius 2 is 1.76 bits per heavy atom. The predicted molar refractivity (Wildman–Crippen MR) is 127 cm³/mol. The number of nitrogens with zero attached hydrogens (tertiary/aromatic N) is 3. The molecule has 0 spiro atoms. The number of piperazine rings is 1. The number of pyridine rings is 1. The van der Waals surface area contributed by atoms with Gasteiger partial charge in [-0.15, -0.1) is 0 Å². The molecule has 34 heavy (non-hydrogen) atoms. The molecule has 1 aromatic heterocycles. The highest BCUT2D eigenvalue weighted by molar-refractivity contribution is 5.98. The van der Waals surface area contributed by atoms with Crippen molar-refractivity contribution in [2.75, 3.05) is 38.2 Å². The summed E-state index contributed by atoms with van der Waals surface area (Å²) in [5.41, 5.74) is 3.08. The summed E-state index contributed by atoms with van der Waals surface area (Å²) in [5.74, 6) is -2.99. The lowest BCUT2D eigenvalue weighted by molar-refractivity contribution is 0.0745. The van der Waals surface area contributed by atoms with Gasteiger partial charge in [0.25, 0.3) is 5.91 Å². The first kappa shape index (κ1) is 22.4. The van der Waals surface area contributed by atoms with Crippen molar-refractivity contribution in [1.29, 1.82) is 0 Å². The van der Waals surface area contributed by atoms with E-state index in [4.69, 9.17) is 4.74 Å². The minimum absolute atomic E-state index is 0.0207. The van der Waals surface area contributed by atoms with E-state index in [1.807, 2.05) is 0 Å². The van der Waals surface area contributed by atoms with Crippen LogP contribution in [0, 0.1) is 25.5 Å². The smallest absolute Gasteiger partial charge is 0.259 e. The SMILES string of the molecule is COc1c(F)c(F)cc2c(=O)c(C(=O)N3CCN(c4cc(C)ccc4C)CC3)cn(C3CC3)c12. The summed E-state index contributed by atoms with van der Waals surface area (Å²) >= 11 is 0. The first-order valence-electron chi connectivity index (χ1n) is 11.5. The molecule has 2 fully saturated rings. The van der Waals surface area contributed by atoms with Crippen molar-refractivity contribution in [3.63, 3.8) is 0 Å². The van der Waals surface area contributed by atoms with E-state index >= 15 is 0 Å². The molecule has 8 heteroatoms. The first-order chi connectivity index (χ1) is 16.3. The minimum Gasteiger partial charge on any atom is -0.491 e. The van der Waals surface area contributed by atoms with Crippen molar-refractivity contribution in [2.45, 2.75) is 32.7 Å². The Bertz CT molecular complexity index is 1360. The van der Waals surface area contributed by atoms with E-state index in [2.05, 4.69) is 36.9 Å². The van der Waals surface area contributed by atoms with Gasteiger partial charge in [-0.05, 0) is 49.9 Å². The number of carbonyl (C=O) groups excluding carboxylic acids is 1. The van der Waals surface area contributed by atoms with Crippen molar-refractivity contribution in [1.82, 2.24) is 9.47 Å². The highest BCUT2D eigenvalue weighted by atomic mass is 19.2. The third-order valence-electron chi connectivity index (χ3n) is 6.81. The van der Waals surface area contributed by atoms with E-state index in [0.29, 0.717) is 26.2 Å². The normalized spacial score (nSPS) is 16.3. The average Bonchev–Trinajstić information content (AvgIpc) is 3.67. The summed E-state index contributed by atoms with van der Waals surface area (Å²) < 4.78 is 35.5. The van der Waals surface area contributed by atoms with Crippen LogP contribution < -0.4 is 15.1 Å². The number of aryl methyl sites for hydroxylation is 2. The molecule has 2 heterocycles. The van der Waals surface area contributed by atoms with E-state index in [9.17, 15) is 18.4 Å². The maximum Gasteiger partial charge on any atom is 0.259 e. The number of methoxy groups -OCH3 is 1. The van der Waals surface area contributed by atoms with Crippen LogP contribution in [0.5, 0.6) is 5.75 Å². The van der Waals surface area contributed by atoms with Gasteiger partial charge in [0.1, 0.15) is 5.56 Å². The van der Waals surface area contributed by atoms with Crippen molar-refractivity contribution in [3.8, 4) is 5.75 Å². The molecule has 1 amide bonds. The van der Waals surface area contributed by atoms with Gasteiger partial charge >= 0.3 is 0 Å². The molecule has 0 N–H and O–H groups in total. The second kappa shape index (κ2) is 8.42. The largest absolute Gasteiger partial charge is 0.491 e. The molecule has 178 valence electrons. The van der Waals surface area contributed by atoms with Crippen LogP contribution in [0.25, 0.3) is 10.9 Å². The van der Waals surface area contributed by atoms with Crippen molar-refractivity contribution >= 4 is 22.5 Å². The van der Waals surface area contributed by atoms with E-state index in [1.54, 1.807) is 9.47 Å². The fraction of sp³-hybridized carbons (Fsp3) is 0.385. The second-order valence-electron chi connectivity index (χ2n) is 9.18. The Balaban J connectivity index is 1.49. The molecular formula is C26H27F2N3O3. The molecule has 0 radical (unpaired) electrons. The van der Waals surface area contributed by atoms with Crippen LogP contribution in [-0.4, -0.2) is 48.7 Å². The van der Waals surface area contributed by atoms with Gasteiger partial charge in [0.2, 0.25) is 11.2 Å². The van der Waals surface area contributed by atoms with Gasteiger partial charge in [-0.2, -0.15) is 4.39 Å². The number of carbonyl (C=O) groups is 1. The molecule has 1 saturated heterocycles. The van der Waals surface area contributed by atoms with Crippen molar-refractivity contribution < 1.29 is 18.3 Å². The molecule has 0 unspecified atom stereocenters. The summed E-state index contributed by atoms with van der Waals surface area (Å²) in [6.07, 6.45) is 3.17. The number of hydrogen-bond donors (Lipinski definition) is 0. The van der Waals surface area contributed by atoms with E-state index in [1.165, 1.54) is 24.4 Å². The van der Waals surface area contributed by atoms with Gasteiger partial charge < -0.3 is 19.1 Å². The minimum atomic E-state index is -1.17. The molecule has 6 nitrogen and oxygen atoms in total. The molecular weight excluding hydrogens is 440 g/mol. The molecule has 1 aliphatic carbocycles. The number of rotatable bonds is 4. The molecule has 1 aliphatic heterocycles. The third kappa shape index (κ3) is 3.71. The number of fused-ring (bicyclic) bond motifs is 1. The third-order valence-corrected chi connectivity index (χ3v) is 6.81. The van der Waals surface area contributed by atoms with Crippen LogP contribution in [0.15, 0.2) is 35.3 Å². The van der Waals surface area contributed by atoms with Gasteiger partial charge in [-0.25, -0.2) is 4.39 Å². The number of ether oxygens (including phenoxy) is 1. The molecule has 3 aromatic rings. The number of hydrogen-bond acceptors (Lipinski definition) is 4. The van der Waals surface area contributed by atoms with Crippen LogP contribution in [0.3, 0.4) is 0 Å². The molecule has 0 atom stereocenters. The maximum atomic E-state index is 14.4. The fourth-order valence-electron chi connectivity index (χ4n) is 4.79. The molecule has 1 saturated carbocycles. The van der Waals surface area contributed by atoms with E-state index < -0.39 is 17.1 Å². The molecule has 2 aromatic carbocycles. The predicted octanol–water partition coefficient (Wildman–Crippen LogP) is 4.20. The highest BCUT2D eigenvalue weighted by Gasteiger charge is 2.32. The van der Waals surface area contributed by atoms with Crippen molar-refractivity contribution in [3.05, 3.63) is 69.0 Å². The zero-order chi connectivity index (χ0) is 24.1. The summed E-state index contributed by atoms with van der Waals surface area (Å²) in [4.78, 5) is 30.6. The first-order valence-corrected chi connectivity index (χ1v) is 11.5. The number of anilines is 1. The van der Waals surface area contributed by atoms with Crippen LogP contribution >= 0.6 is 0 Å². The molecule has 5 rings (SSSR count). The second-order valence-corrected chi connectivity index (χ2v) is 9.18.